The topological polar surface area (TPSA) is 58.5 Å². The molecular formula is C13H25IN4OS. The molecule has 1 heterocycles. The lowest BCUT2D eigenvalue weighted by Gasteiger charge is -2.11. The number of aryl methyl sites for hydroxylation is 2. The average Bonchev–Trinajstić information content (AvgIpc) is 2.71. The van der Waals surface area contributed by atoms with Crippen molar-refractivity contribution in [3.05, 3.63) is 15.6 Å². The maximum absolute atomic E-state index is 5.29. The zero-order valence-electron chi connectivity index (χ0n) is 12.7. The van der Waals surface area contributed by atoms with Crippen LogP contribution >= 0.6 is 35.3 Å². The van der Waals surface area contributed by atoms with Gasteiger partial charge < -0.3 is 15.4 Å². The van der Waals surface area contributed by atoms with Crippen molar-refractivity contribution in [3.63, 3.8) is 0 Å². The molecule has 0 atom stereocenters. The zero-order valence-corrected chi connectivity index (χ0v) is 15.8. The van der Waals surface area contributed by atoms with Gasteiger partial charge in [-0.25, -0.2) is 4.98 Å². The highest BCUT2D eigenvalue weighted by Gasteiger charge is 2.05. The maximum atomic E-state index is 5.29. The summed E-state index contributed by atoms with van der Waals surface area (Å²) in [5.74, 6) is 0.821. The lowest BCUT2D eigenvalue weighted by molar-refractivity contribution is 0.145. The third-order valence-electron chi connectivity index (χ3n) is 2.60. The Morgan fingerprint density at radius 3 is 2.65 bits per heavy atom. The van der Waals surface area contributed by atoms with E-state index in [1.807, 2.05) is 20.8 Å². The number of nitrogens with zero attached hydrogens (tertiary/aromatic N) is 2. The number of hydrogen-bond donors (Lipinski definition) is 2. The Labute approximate surface area is 142 Å². The van der Waals surface area contributed by atoms with Crippen LogP contribution in [0.25, 0.3) is 0 Å². The molecular weight excluding hydrogens is 387 g/mol. The van der Waals surface area contributed by atoms with Crippen LogP contribution in [0.1, 0.15) is 28.9 Å². The van der Waals surface area contributed by atoms with E-state index >= 15 is 0 Å². The van der Waals surface area contributed by atoms with Gasteiger partial charge in [0.2, 0.25) is 0 Å². The zero-order chi connectivity index (χ0) is 14.1. The number of ether oxygens (including phenoxy) is 1. The van der Waals surface area contributed by atoms with Gasteiger partial charge in [-0.1, -0.05) is 0 Å². The maximum Gasteiger partial charge on any atom is 0.191 e. The lowest BCUT2D eigenvalue weighted by atomic mass is 10.4. The number of rotatable bonds is 7. The summed E-state index contributed by atoms with van der Waals surface area (Å²) >= 11 is 1.73. The molecule has 20 heavy (non-hydrogen) atoms. The minimum Gasteiger partial charge on any atom is -0.382 e. The third kappa shape index (κ3) is 7.39. The van der Waals surface area contributed by atoms with Crippen molar-refractivity contribution in [1.82, 2.24) is 15.6 Å². The first-order chi connectivity index (χ1) is 9.17. The van der Waals surface area contributed by atoms with Crippen molar-refractivity contribution >= 4 is 41.3 Å². The largest absolute Gasteiger partial charge is 0.382 e. The van der Waals surface area contributed by atoms with Crippen molar-refractivity contribution in [2.45, 2.75) is 33.7 Å². The highest BCUT2D eigenvalue weighted by molar-refractivity contribution is 14.0. The molecule has 0 amide bonds. The van der Waals surface area contributed by atoms with E-state index in [4.69, 9.17) is 4.74 Å². The van der Waals surface area contributed by atoms with Crippen molar-refractivity contribution < 1.29 is 4.74 Å². The number of halogens is 1. The number of nitrogens with one attached hydrogen (secondary N) is 2. The molecule has 0 aliphatic carbocycles. The molecule has 1 aromatic rings. The average molecular weight is 412 g/mol. The van der Waals surface area contributed by atoms with E-state index < -0.39 is 0 Å². The van der Waals surface area contributed by atoms with Crippen LogP contribution in [0.4, 0.5) is 0 Å². The molecule has 0 aromatic carbocycles. The van der Waals surface area contributed by atoms with Crippen molar-refractivity contribution in [3.8, 4) is 0 Å². The molecule has 0 saturated heterocycles. The Hall–Kier alpha value is -0.410. The van der Waals surface area contributed by atoms with Crippen molar-refractivity contribution in [2.75, 3.05) is 26.8 Å². The summed E-state index contributed by atoms with van der Waals surface area (Å²) < 4.78 is 5.29. The Balaban J connectivity index is 0.00000361. The fourth-order valence-electron chi connectivity index (χ4n) is 1.65. The lowest BCUT2D eigenvalue weighted by Crippen LogP contribution is -2.37. The Morgan fingerprint density at radius 1 is 1.35 bits per heavy atom. The molecule has 0 aliphatic rings. The number of hydrogen-bond acceptors (Lipinski definition) is 4. The quantitative estimate of drug-likeness (QED) is 0.313. The van der Waals surface area contributed by atoms with Gasteiger partial charge in [0, 0.05) is 31.7 Å². The molecule has 1 aromatic heterocycles. The molecule has 0 saturated carbocycles. The second-order valence-corrected chi connectivity index (χ2v) is 5.43. The Bertz CT molecular complexity index is 409. The van der Waals surface area contributed by atoms with E-state index in [-0.39, 0.29) is 24.0 Å². The standard InChI is InChI=1S/C13H24N4OS.HI/c1-5-18-8-6-7-15-13(14-4)16-9-12-10(2)17-11(3)19-12;/h5-9H2,1-4H3,(H2,14,15,16);1H. The second-order valence-electron chi connectivity index (χ2n) is 4.14. The summed E-state index contributed by atoms with van der Waals surface area (Å²) in [6, 6.07) is 0. The van der Waals surface area contributed by atoms with Gasteiger partial charge in [-0.3, -0.25) is 4.99 Å². The summed E-state index contributed by atoms with van der Waals surface area (Å²) in [7, 11) is 1.78. The van der Waals surface area contributed by atoms with Crippen LogP contribution in [0.15, 0.2) is 4.99 Å². The molecule has 0 fully saturated rings. The molecule has 0 bridgehead atoms. The Morgan fingerprint density at radius 2 is 2.10 bits per heavy atom. The van der Waals surface area contributed by atoms with Gasteiger partial charge >= 0.3 is 0 Å². The normalized spacial score (nSPS) is 11.1. The monoisotopic (exact) mass is 412 g/mol. The minimum atomic E-state index is 0. The van der Waals surface area contributed by atoms with E-state index in [1.165, 1.54) is 4.88 Å². The molecule has 0 aliphatic heterocycles. The van der Waals surface area contributed by atoms with Gasteiger partial charge in [-0.2, -0.15) is 0 Å². The van der Waals surface area contributed by atoms with Crippen LogP contribution in [0.5, 0.6) is 0 Å². The van der Waals surface area contributed by atoms with Crippen LogP contribution in [0.3, 0.4) is 0 Å². The summed E-state index contributed by atoms with van der Waals surface area (Å²) in [5.41, 5.74) is 1.10. The molecule has 0 radical (unpaired) electrons. The van der Waals surface area contributed by atoms with E-state index in [9.17, 15) is 0 Å². The highest BCUT2D eigenvalue weighted by Crippen LogP contribution is 2.16. The fourth-order valence-corrected chi connectivity index (χ4v) is 2.52. The summed E-state index contributed by atoms with van der Waals surface area (Å²) in [6.45, 7) is 9.27. The number of thiazole rings is 1. The molecule has 1 rings (SSSR count). The summed E-state index contributed by atoms with van der Waals surface area (Å²) in [4.78, 5) is 9.87. The predicted molar refractivity (Wildman–Crippen MR) is 96.3 cm³/mol. The fraction of sp³-hybridized carbons (Fsp3) is 0.692. The van der Waals surface area contributed by atoms with E-state index in [1.54, 1.807) is 18.4 Å². The van der Waals surface area contributed by atoms with Gasteiger partial charge in [-0.05, 0) is 27.2 Å². The predicted octanol–water partition coefficient (Wildman–Crippen LogP) is 2.47. The number of guanidine groups is 1. The molecule has 7 heteroatoms. The molecule has 0 unspecified atom stereocenters. The first kappa shape index (κ1) is 19.6. The SMILES string of the molecule is CCOCCCNC(=NC)NCc1sc(C)nc1C.I. The van der Waals surface area contributed by atoms with Crippen LogP contribution in [0, 0.1) is 13.8 Å². The number of aromatic nitrogens is 1. The summed E-state index contributed by atoms with van der Waals surface area (Å²) in [6.07, 6.45) is 0.979. The van der Waals surface area contributed by atoms with E-state index in [0.29, 0.717) is 0 Å². The van der Waals surface area contributed by atoms with Gasteiger partial charge in [0.05, 0.1) is 17.2 Å². The third-order valence-corrected chi connectivity index (χ3v) is 3.67. The van der Waals surface area contributed by atoms with Crippen LogP contribution in [-0.2, 0) is 11.3 Å². The van der Waals surface area contributed by atoms with Crippen LogP contribution in [-0.4, -0.2) is 37.7 Å². The summed E-state index contributed by atoms with van der Waals surface area (Å²) in [5, 5.41) is 7.67. The highest BCUT2D eigenvalue weighted by atomic mass is 127. The van der Waals surface area contributed by atoms with Gasteiger partial charge in [0.15, 0.2) is 5.96 Å². The minimum absolute atomic E-state index is 0. The molecule has 116 valence electrons. The first-order valence-corrected chi connectivity index (χ1v) is 7.44. The van der Waals surface area contributed by atoms with E-state index in [0.717, 1.165) is 49.4 Å². The molecule has 5 nitrogen and oxygen atoms in total. The van der Waals surface area contributed by atoms with Crippen molar-refractivity contribution in [2.24, 2.45) is 4.99 Å². The molecule has 0 spiro atoms. The van der Waals surface area contributed by atoms with E-state index in [2.05, 4.69) is 20.6 Å². The molecule has 2 N–H and O–H groups in total. The van der Waals surface area contributed by atoms with Crippen LogP contribution in [0.2, 0.25) is 0 Å². The van der Waals surface area contributed by atoms with Crippen LogP contribution < -0.4 is 10.6 Å². The smallest absolute Gasteiger partial charge is 0.191 e. The van der Waals surface area contributed by atoms with Gasteiger partial charge in [0.25, 0.3) is 0 Å². The van der Waals surface area contributed by atoms with Gasteiger partial charge in [0.1, 0.15) is 0 Å². The first-order valence-electron chi connectivity index (χ1n) is 6.62. The number of aliphatic imine (C=N–C) groups is 1. The van der Waals surface area contributed by atoms with Gasteiger partial charge in [-0.15, -0.1) is 35.3 Å². The Kier molecular flexibility index (Phi) is 11.0. The van der Waals surface area contributed by atoms with Crippen molar-refractivity contribution in [1.29, 1.82) is 0 Å². The second kappa shape index (κ2) is 11.3.